The Morgan fingerprint density at radius 1 is 1.37 bits per heavy atom. The number of phosphoric ester groups is 1. The number of alkyl halides is 1. The molecule has 1 aliphatic rings. The van der Waals surface area contributed by atoms with E-state index < -0.39 is 54.1 Å². The molecule has 1 aromatic rings. The van der Waals surface area contributed by atoms with Gasteiger partial charge in [0.2, 0.25) is 4.77 Å². The topological polar surface area (TPSA) is 233 Å². The van der Waals surface area contributed by atoms with Crippen LogP contribution < -0.4 is 5.73 Å². The van der Waals surface area contributed by atoms with Gasteiger partial charge < -0.3 is 35.2 Å². The third-order valence-corrected chi connectivity index (χ3v) is 7.39. The van der Waals surface area contributed by atoms with E-state index in [0.29, 0.717) is 0 Å². The van der Waals surface area contributed by atoms with Crippen molar-refractivity contribution in [3.63, 3.8) is 0 Å². The Labute approximate surface area is 175 Å². The van der Waals surface area contributed by atoms with Crippen molar-refractivity contribution in [3.8, 4) is 0 Å². The van der Waals surface area contributed by atoms with E-state index in [2.05, 4.69) is 18.1 Å². The van der Waals surface area contributed by atoms with Crippen molar-refractivity contribution >= 4 is 41.5 Å². The highest BCUT2D eigenvalue weighted by molar-refractivity contribution is 7.71. The molecule has 20 heteroatoms. The lowest BCUT2D eigenvalue weighted by molar-refractivity contribution is -0.0593. The summed E-state index contributed by atoms with van der Waals surface area (Å²) in [5.41, 5.74) is 2.66. The molecule has 0 aliphatic carbocycles. The predicted octanol–water partition coefficient (Wildman–Crippen LogP) is 0.525. The average Bonchev–Trinajstić information content (AvgIpc) is 2.74. The van der Waals surface area contributed by atoms with E-state index >= 15 is 4.39 Å². The largest absolute Gasteiger partial charge is 0.490 e. The van der Waals surface area contributed by atoms with Crippen LogP contribution in [-0.4, -0.2) is 58.7 Å². The van der Waals surface area contributed by atoms with Crippen molar-refractivity contribution < 1.29 is 63.4 Å². The molecule has 30 heavy (non-hydrogen) atoms. The first-order chi connectivity index (χ1) is 14.2. The van der Waals surface area contributed by atoms with Crippen LogP contribution in [0.1, 0.15) is 15.9 Å². The zero-order chi connectivity index (χ0) is 24.9. The third kappa shape index (κ3) is 6.43. The molecule has 0 saturated carbocycles. The maximum Gasteiger partial charge on any atom is 0.490 e. The van der Waals surface area contributed by atoms with Gasteiger partial charge >= 0.3 is 23.5 Å². The molecule has 0 radical (unpaired) electrons. The number of rotatable bonds is 8. The molecule has 0 bridgehead atoms. The second-order valence-corrected chi connectivity index (χ2v) is 10.6. The van der Waals surface area contributed by atoms with Gasteiger partial charge in [0.15, 0.2) is 11.9 Å². The number of anilines is 1. The summed E-state index contributed by atoms with van der Waals surface area (Å²) in [6.07, 6.45) is -5.43. The highest BCUT2D eigenvalue weighted by Gasteiger charge is 2.55. The summed E-state index contributed by atoms with van der Waals surface area (Å²) >= 11 is 4.92. The summed E-state index contributed by atoms with van der Waals surface area (Å²) in [4.78, 5) is 39.4. The van der Waals surface area contributed by atoms with Gasteiger partial charge in [-0.25, -0.2) is 23.1 Å². The van der Waals surface area contributed by atoms with E-state index in [4.69, 9.17) is 40.1 Å². The van der Waals surface area contributed by atoms with Gasteiger partial charge in [0.1, 0.15) is 18.0 Å². The summed E-state index contributed by atoms with van der Waals surface area (Å²) in [5.74, 6) is -0.0371. The lowest BCUT2D eigenvalue weighted by Crippen LogP contribution is -2.40. The molecule has 1 aromatic heterocycles. The maximum atomic E-state index is 15.2. The van der Waals surface area contributed by atoms with Crippen molar-refractivity contribution in [1.29, 1.82) is 0 Å². The molecule has 0 aromatic carbocycles. The monoisotopic (exact) mass is 517 g/mol. The molecule has 3 unspecified atom stereocenters. The number of aromatic nitrogens is 2. The number of hydrogen-bond donors (Lipinski definition) is 6. The van der Waals surface area contributed by atoms with Crippen molar-refractivity contribution in [3.05, 3.63) is 17.0 Å². The highest BCUT2D eigenvalue weighted by Crippen LogP contribution is 2.66. The number of halogens is 1. The second kappa shape index (κ2) is 8.71. The van der Waals surface area contributed by atoms with Gasteiger partial charge in [-0.15, -0.1) is 0 Å². The first kappa shape index (κ1) is 22.6. The SMILES string of the molecule is [2H]C([2H])(OP(=O)(O)OP(=O)(O)OP(=O)(O)O)[C@H]1O[C@@H](n2ccc(N)nc2=S)C(C)(F)[C@H]1O. The molecule has 1 fully saturated rings. The van der Waals surface area contributed by atoms with Crippen LogP contribution in [0.3, 0.4) is 0 Å². The van der Waals surface area contributed by atoms with Crippen molar-refractivity contribution in [2.75, 3.05) is 12.3 Å². The Morgan fingerprint density at radius 3 is 2.50 bits per heavy atom. The van der Waals surface area contributed by atoms with Crippen LogP contribution in [0.5, 0.6) is 0 Å². The molecule has 1 saturated heterocycles. The minimum atomic E-state index is -5.98. The van der Waals surface area contributed by atoms with Crippen LogP contribution in [0.25, 0.3) is 0 Å². The average molecular weight is 517 g/mol. The molecular weight excluding hydrogens is 498 g/mol. The Bertz CT molecular complexity index is 1080. The number of aliphatic hydroxyl groups is 1. The smallest absolute Gasteiger partial charge is 0.387 e. The summed E-state index contributed by atoms with van der Waals surface area (Å²) in [6, 6.07) is 1.19. The van der Waals surface area contributed by atoms with Crippen molar-refractivity contribution in [2.24, 2.45) is 0 Å². The number of hydrogen-bond acceptors (Lipinski definition) is 11. The number of nitrogen functional groups attached to an aromatic ring is 1. The van der Waals surface area contributed by atoms with E-state index in [-0.39, 0.29) is 10.6 Å². The Balaban J connectivity index is 2.29. The molecule has 0 amide bonds. The van der Waals surface area contributed by atoms with Crippen LogP contribution in [0.2, 0.25) is 0 Å². The van der Waals surface area contributed by atoms with Gasteiger partial charge in [-0.2, -0.15) is 8.62 Å². The lowest BCUT2D eigenvalue weighted by Gasteiger charge is -2.25. The minimum Gasteiger partial charge on any atom is -0.387 e. The molecule has 1 aliphatic heterocycles. The Morgan fingerprint density at radius 2 is 1.97 bits per heavy atom. The fraction of sp³-hybridized carbons (Fsp3) is 0.600. The van der Waals surface area contributed by atoms with Gasteiger partial charge in [0.05, 0.1) is 9.30 Å². The van der Waals surface area contributed by atoms with E-state index in [1.54, 1.807) is 0 Å². The maximum absolute atomic E-state index is 15.2. The van der Waals surface area contributed by atoms with Crippen LogP contribution in [-0.2, 0) is 31.6 Å². The molecule has 15 nitrogen and oxygen atoms in total. The van der Waals surface area contributed by atoms with Gasteiger partial charge in [-0.1, -0.05) is 0 Å². The number of ether oxygens (including phenoxy) is 1. The van der Waals surface area contributed by atoms with Crippen molar-refractivity contribution in [1.82, 2.24) is 9.55 Å². The van der Waals surface area contributed by atoms with Gasteiger partial charge in [0.25, 0.3) is 0 Å². The minimum absolute atomic E-state index is 0.0371. The first-order valence-electron chi connectivity index (χ1n) is 8.38. The molecule has 7 N–H and O–H groups in total. The van der Waals surface area contributed by atoms with Crippen LogP contribution in [0, 0.1) is 4.77 Å². The third-order valence-electron chi connectivity index (χ3n) is 3.43. The van der Waals surface area contributed by atoms with Crippen LogP contribution in [0.15, 0.2) is 12.3 Å². The first-order valence-corrected chi connectivity index (χ1v) is 12.3. The predicted molar refractivity (Wildman–Crippen MR) is 96.7 cm³/mol. The summed E-state index contributed by atoms with van der Waals surface area (Å²) in [6.45, 7) is -2.79. The Hall–Kier alpha value is -0.640. The zero-order valence-corrected chi connectivity index (χ0v) is 18.1. The van der Waals surface area contributed by atoms with Crippen LogP contribution >= 0.6 is 35.7 Å². The molecule has 6 atom stereocenters. The lowest BCUT2D eigenvalue weighted by atomic mass is 9.98. The van der Waals surface area contributed by atoms with E-state index in [0.717, 1.165) is 17.7 Å². The number of aliphatic hydroxyl groups excluding tert-OH is 1. The van der Waals surface area contributed by atoms with E-state index in [1.165, 1.54) is 6.07 Å². The molecule has 2 heterocycles. The zero-order valence-electron chi connectivity index (χ0n) is 16.6. The van der Waals surface area contributed by atoms with E-state index in [9.17, 15) is 23.7 Å². The van der Waals surface area contributed by atoms with Crippen LogP contribution in [0.4, 0.5) is 10.2 Å². The van der Waals surface area contributed by atoms with Gasteiger partial charge in [-0.05, 0) is 25.2 Å². The Kier molecular flexibility index (Phi) is 6.55. The summed E-state index contributed by atoms with van der Waals surface area (Å²) in [5, 5.41) is 10.3. The van der Waals surface area contributed by atoms with Gasteiger partial charge in [-0.3, -0.25) is 9.09 Å². The number of nitrogens with zero attached hydrogens (tertiary/aromatic N) is 2. The number of nitrogens with two attached hydrogens (primary N) is 1. The second-order valence-electron chi connectivity index (χ2n) is 5.85. The highest BCUT2D eigenvalue weighted by atomic mass is 32.1. The molecule has 172 valence electrons. The fourth-order valence-electron chi connectivity index (χ4n) is 2.24. The quantitative estimate of drug-likeness (QED) is 0.204. The van der Waals surface area contributed by atoms with Gasteiger partial charge in [0, 0.05) is 6.20 Å². The fourth-order valence-corrected chi connectivity index (χ4v) is 5.38. The molecule has 0 spiro atoms. The summed E-state index contributed by atoms with van der Waals surface area (Å²) < 4.78 is 81.4. The normalized spacial score (nSPS) is 32.7. The standard InChI is InChI=1S/C10H17FN3O12P3S/c1-10(11)7(15)5(24-8(10)14-3-2-6(12)13-9(14)30)4-23-28(19,20)26-29(21,22)25-27(16,17)18/h2-3,5,7-8,15H,4H2,1H3,(H,19,20)(H,21,22)(H2,12,13,30)(H2,16,17,18)/t5-,7+,8-,10?/m1/s1/i4D2. The molecule has 2 rings (SSSR count). The summed E-state index contributed by atoms with van der Waals surface area (Å²) in [7, 11) is -17.6. The van der Waals surface area contributed by atoms with E-state index in [1.807, 2.05) is 0 Å². The number of phosphoric acid groups is 3. The molecular formula is C10H17FN3O12P3S. The van der Waals surface area contributed by atoms with Crippen molar-refractivity contribution in [2.45, 2.75) is 31.0 Å².